The Kier molecular flexibility index (Phi) is 1.49. The quantitative estimate of drug-likeness (QED) is 0.677. The van der Waals surface area contributed by atoms with Crippen molar-refractivity contribution in [2.75, 3.05) is 0 Å². The van der Waals surface area contributed by atoms with Crippen molar-refractivity contribution in [2.45, 2.75) is 38.5 Å². The SMILES string of the molecule is CCC1(c2nc(C)ns2)CC1. The predicted molar refractivity (Wildman–Crippen MR) is 45.8 cm³/mol. The number of aryl methyl sites for hydroxylation is 1. The van der Waals surface area contributed by atoms with Crippen LogP contribution in [0.25, 0.3) is 0 Å². The average molecular weight is 168 g/mol. The number of hydrogen-bond donors (Lipinski definition) is 0. The minimum Gasteiger partial charge on any atom is -0.224 e. The van der Waals surface area contributed by atoms with E-state index in [4.69, 9.17) is 0 Å². The van der Waals surface area contributed by atoms with Gasteiger partial charge in [-0.15, -0.1) is 0 Å². The number of nitrogens with zero attached hydrogens (tertiary/aromatic N) is 2. The lowest BCUT2D eigenvalue weighted by Crippen LogP contribution is -2.03. The van der Waals surface area contributed by atoms with E-state index in [2.05, 4.69) is 16.3 Å². The van der Waals surface area contributed by atoms with Crippen LogP contribution >= 0.6 is 11.5 Å². The second-order valence-corrected chi connectivity index (χ2v) is 4.03. The molecule has 11 heavy (non-hydrogen) atoms. The van der Waals surface area contributed by atoms with Crippen LogP contribution in [0.5, 0.6) is 0 Å². The molecule has 0 radical (unpaired) electrons. The molecular formula is C8H12N2S. The van der Waals surface area contributed by atoms with E-state index in [0.717, 1.165) is 5.82 Å². The smallest absolute Gasteiger partial charge is 0.139 e. The van der Waals surface area contributed by atoms with Gasteiger partial charge in [-0.1, -0.05) is 6.92 Å². The Hall–Kier alpha value is -0.440. The van der Waals surface area contributed by atoms with Gasteiger partial charge in [0.15, 0.2) is 0 Å². The lowest BCUT2D eigenvalue weighted by Gasteiger charge is -2.04. The van der Waals surface area contributed by atoms with E-state index in [9.17, 15) is 0 Å². The number of hydrogen-bond acceptors (Lipinski definition) is 3. The fourth-order valence-electron chi connectivity index (χ4n) is 1.38. The van der Waals surface area contributed by atoms with Crippen LogP contribution in [-0.4, -0.2) is 9.36 Å². The maximum atomic E-state index is 4.42. The Morgan fingerprint density at radius 1 is 1.55 bits per heavy atom. The van der Waals surface area contributed by atoms with Gasteiger partial charge in [-0.3, -0.25) is 0 Å². The van der Waals surface area contributed by atoms with E-state index in [1.54, 1.807) is 11.5 Å². The molecule has 1 saturated carbocycles. The summed E-state index contributed by atoms with van der Waals surface area (Å²) >= 11 is 1.58. The van der Waals surface area contributed by atoms with Gasteiger partial charge in [-0.05, 0) is 37.7 Å². The van der Waals surface area contributed by atoms with Crippen LogP contribution in [0.3, 0.4) is 0 Å². The third-order valence-corrected chi connectivity index (χ3v) is 3.56. The van der Waals surface area contributed by atoms with E-state index >= 15 is 0 Å². The molecule has 0 bridgehead atoms. The fourth-order valence-corrected chi connectivity index (χ4v) is 2.36. The topological polar surface area (TPSA) is 25.8 Å². The summed E-state index contributed by atoms with van der Waals surface area (Å²) in [4.78, 5) is 4.42. The molecule has 60 valence electrons. The molecule has 0 N–H and O–H groups in total. The van der Waals surface area contributed by atoms with Crippen LogP contribution in [0.4, 0.5) is 0 Å². The largest absolute Gasteiger partial charge is 0.224 e. The molecule has 2 nitrogen and oxygen atoms in total. The van der Waals surface area contributed by atoms with Crippen molar-refractivity contribution in [3.8, 4) is 0 Å². The summed E-state index contributed by atoms with van der Waals surface area (Å²) in [6, 6.07) is 0. The summed E-state index contributed by atoms with van der Waals surface area (Å²) in [6.07, 6.45) is 3.86. The molecular weight excluding hydrogens is 156 g/mol. The fraction of sp³-hybridized carbons (Fsp3) is 0.750. The second kappa shape index (κ2) is 2.27. The number of rotatable bonds is 2. The van der Waals surface area contributed by atoms with Gasteiger partial charge in [0.25, 0.3) is 0 Å². The molecule has 0 aliphatic heterocycles. The molecule has 3 heteroatoms. The lowest BCUT2D eigenvalue weighted by atomic mass is 10.1. The Labute approximate surface area is 70.8 Å². The Bertz CT molecular complexity index is 263. The maximum absolute atomic E-state index is 4.42. The summed E-state index contributed by atoms with van der Waals surface area (Å²) in [5.41, 5.74) is 0.450. The predicted octanol–water partition coefficient (Wildman–Crippen LogP) is 2.29. The number of aromatic nitrogens is 2. The standard InChI is InChI=1S/C8H12N2S/c1-3-8(4-5-8)7-9-6(2)10-11-7/h3-5H2,1-2H3. The van der Waals surface area contributed by atoms with Gasteiger partial charge in [0.1, 0.15) is 10.8 Å². The van der Waals surface area contributed by atoms with Crippen LogP contribution in [-0.2, 0) is 5.41 Å². The third-order valence-electron chi connectivity index (χ3n) is 2.51. The highest BCUT2D eigenvalue weighted by Gasteiger charge is 2.45. The summed E-state index contributed by atoms with van der Waals surface area (Å²) < 4.78 is 4.20. The van der Waals surface area contributed by atoms with E-state index < -0.39 is 0 Å². The Balaban J connectivity index is 2.29. The first-order valence-electron chi connectivity index (χ1n) is 4.08. The maximum Gasteiger partial charge on any atom is 0.139 e. The zero-order valence-electron chi connectivity index (χ0n) is 6.92. The monoisotopic (exact) mass is 168 g/mol. The van der Waals surface area contributed by atoms with Crippen molar-refractivity contribution in [1.29, 1.82) is 0 Å². The third kappa shape index (κ3) is 1.07. The van der Waals surface area contributed by atoms with Crippen LogP contribution in [0, 0.1) is 6.92 Å². The highest BCUT2D eigenvalue weighted by atomic mass is 32.1. The zero-order chi connectivity index (χ0) is 7.90. The van der Waals surface area contributed by atoms with Gasteiger partial charge < -0.3 is 0 Å². The first kappa shape index (κ1) is 7.22. The molecule has 1 fully saturated rings. The highest BCUT2D eigenvalue weighted by Crippen LogP contribution is 2.51. The molecule has 1 aromatic heterocycles. The molecule has 0 spiro atoms. The Morgan fingerprint density at radius 2 is 2.27 bits per heavy atom. The summed E-state index contributed by atoms with van der Waals surface area (Å²) in [6.45, 7) is 4.20. The van der Waals surface area contributed by atoms with Crippen molar-refractivity contribution in [3.05, 3.63) is 10.8 Å². The summed E-state index contributed by atoms with van der Waals surface area (Å²) in [5.74, 6) is 0.935. The van der Waals surface area contributed by atoms with Crippen LogP contribution in [0.15, 0.2) is 0 Å². The van der Waals surface area contributed by atoms with E-state index in [1.807, 2.05) is 6.92 Å². The molecule has 0 amide bonds. The van der Waals surface area contributed by atoms with Crippen LogP contribution in [0.1, 0.15) is 37.0 Å². The lowest BCUT2D eigenvalue weighted by molar-refractivity contribution is 0.656. The van der Waals surface area contributed by atoms with Gasteiger partial charge in [-0.2, -0.15) is 4.37 Å². The van der Waals surface area contributed by atoms with Crippen molar-refractivity contribution >= 4 is 11.5 Å². The molecule has 1 heterocycles. The van der Waals surface area contributed by atoms with Gasteiger partial charge in [0.2, 0.25) is 0 Å². The van der Waals surface area contributed by atoms with E-state index in [-0.39, 0.29) is 0 Å². The van der Waals surface area contributed by atoms with Crippen molar-refractivity contribution in [3.63, 3.8) is 0 Å². The van der Waals surface area contributed by atoms with Crippen molar-refractivity contribution in [1.82, 2.24) is 9.36 Å². The average Bonchev–Trinajstić information content (AvgIpc) is 2.70. The van der Waals surface area contributed by atoms with Gasteiger partial charge in [0, 0.05) is 5.41 Å². The molecule has 0 saturated heterocycles. The molecule has 0 atom stereocenters. The van der Waals surface area contributed by atoms with Gasteiger partial charge in [0.05, 0.1) is 0 Å². The zero-order valence-corrected chi connectivity index (χ0v) is 7.74. The first-order valence-corrected chi connectivity index (χ1v) is 4.85. The molecule has 2 rings (SSSR count). The summed E-state index contributed by atoms with van der Waals surface area (Å²) in [7, 11) is 0. The minimum atomic E-state index is 0.450. The Morgan fingerprint density at radius 3 is 2.64 bits per heavy atom. The normalized spacial score (nSPS) is 20.2. The van der Waals surface area contributed by atoms with Crippen LogP contribution < -0.4 is 0 Å². The van der Waals surface area contributed by atoms with E-state index in [1.165, 1.54) is 24.3 Å². The van der Waals surface area contributed by atoms with Crippen molar-refractivity contribution < 1.29 is 0 Å². The first-order chi connectivity index (χ1) is 5.27. The molecule has 1 aliphatic rings. The second-order valence-electron chi connectivity index (χ2n) is 3.28. The van der Waals surface area contributed by atoms with E-state index in [0.29, 0.717) is 5.41 Å². The molecule has 1 aliphatic carbocycles. The minimum absolute atomic E-state index is 0.450. The molecule has 1 aromatic rings. The van der Waals surface area contributed by atoms with Crippen LogP contribution in [0.2, 0.25) is 0 Å². The summed E-state index contributed by atoms with van der Waals surface area (Å²) in [5, 5.41) is 1.26. The highest BCUT2D eigenvalue weighted by molar-refractivity contribution is 7.05. The van der Waals surface area contributed by atoms with Crippen molar-refractivity contribution in [2.24, 2.45) is 0 Å². The van der Waals surface area contributed by atoms with Gasteiger partial charge in [-0.25, -0.2) is 4.98 Å². The van der Waals surface area contributed by atoms with Gasteiger partial charge >= 0.3 is 0 Å². The molecule has 0 unspecified atom stereocenters. The molecule has 0 aromatic carbocycles.